The van der Waals surface area contributed by atoms with Crippen molar-refractivity contribution in [3.8, 4) is 0 Å². The fourth-order valence-electron chi connectivity index (χ4n) is 2.78. The molecule has 140 valence electrons. The molecule has 1 amide bonds. The van der Waals surface area contributed by atoms with E-state index in [1.165, 1.54) is 17.3 Å². The van der Waals surface area contributed by atoms with Crippen LogP contribution in [0.5, 0.6) is 0 Å². The number of aromatic amines is 1. The van der Waals surface area contributed by atoms with Crippen LogP contribution in [0.4, 0.5) is 13.6 Å². The minimum Gasteiger partial charge on any atom is -0.444 e. The molecule has 1 fully saturated rings. The molecule has 1 aliphatic heterocycles. The Kier molecular flexibility index (Phi) is 4.63. The molecule has 3 heterocycles. The highest BCUT2D eigenvalue weighted by atomic mass is 19.1. The largest absolute Gasteiger partial charge is 0.444 e. The molecule has 0 unspecified atom stereocenters. The van der Waals surface area contributed by atoms with Crippen LogP contribution in [0.25, 0.3) is 11.2 Å². The third-order valence-electron chi connectivity index (χ3n) is 4.18. The zero-order valence-electron chi connectivity index (χ0n) is 14.1. The van der Waals surface area contributed by atoms with E-state index < -0.39 is 23.8 Å². The number of morpholine rings is 1. The molecule has 1 saturated heterocycles. The molecule has 1 aromatic carbocycles. The molecular formula is C17H15F2N5O3. The molecule has 1 aliphatic rings. The van der Waals surface area contributed by atoms with Crippen molar-refractivity contribution >= 4 is 17.3 Å². The van der Waals surface area contributed by atoms with Gasteiger partial charge in [-0.15, -0.1) is 0 Å². The van der Waals surface area contributed by atoms with Gasteiger partial charge < -0.3 is 19.4 Å². The van der Waals surface area contributed by atoms with E-state index in [1.54, 1.807) is 6.20 Å². The summed E-state index contributed by atoms with van der Waals surface area (Å²) in [5, 5.41) is 0. The number of aromatic nitrogens is 4. The lowest BCUT2D eigenvalue weighted by Gasteiger charge is -2.31. The number of hydrogen-bond acceptors (Lipinski definition) is 6. The highest BCUT2D eigenvalue weighted by Gasteiger charge is 2.28. The summed E-state index contributed by atoms with van der Waals surface area (Å²) in [6.07, 6.45) is 1.92. The summed E-state index contributed by atoms with van der Waals surface area (Å²) >= 11 is 0. The van der Waals surface area contributed by atoms with Crippen LogP contribution in [-0.4, -0.2) is 50.6 Å². The zero-order valence-corrected chi connectivity index (χ0v) is 14.1. The van der Waals surface area contributed by atoms with E-state index in [1.807, 2.05) is 0 Å². The highest BCUT2D eigenvalue weighted by Crippen LogP contribution is 2.22. The van der Waals surface area contributed by atoms with Crippen molar-refractivity contribution in [3.05, 3.63) is 53.7 Å². The fourth-order valence-corrected chi connectivity index (χ4v) is 2.78. The van der Waals surface area contributed by atoms with Crippen molar-refractivity contribution in [2.24, 2.45) is 0 Å². The van der Waals surface area contributed by atoms with Crippen molar-refractivity contribution in [1.82, 2.24) is 24.8 Å². The van der Waals surface area contributed by atoms with Crippen molar-refractivity contribution in [2.45, 2.75) is 12.7 Å². The normalized spacial score (nSPS) is 17.3. The van der Waals surface area contributed by atoms with Crippen LogP contribution in [0, 0.1) is 11.6 Å². The van der Waals surface area contributed by atoms with Crippen LogP contribution in [0.3, 0.4) is 0 Å². The molecule has 2 aromatic heterocycles. The molecule has 0 saturated carbocycles. The number of nitrogens with zero attached hydrogens (tertiary/aromatic N) is 4. The number of nitrogens with one attached hydrogen (secondary N) is 1. The second-order valence-corrected chi connectivity index (χ2v) is 5.98. The molecule has 8 nitrogen and oxygen atoms in total. The van der Waals surface area contributed by atoms with Gasteiger partial charge in [0.2, 0.25) is 0 Å². The third-order valence-corrected chi connectivity index (χ3v) is 4.18. The Morgan fingerprint density at radius 3 is 3.11 bits per heavy atom. The van der Waals surface area contributed by atoms with E-state index in [9.17, 15) is 13.6 Å². The summed E-state index contributed by atoms with van der Waals surface area (Å²) in [5.74, 6) is -0.909. The molecule has 0 aliphatic carbocycles. The van der Waals surface area contributed by atoms with Gasteiger partial charge in [0, 0.05) is 18.2 Å². The first-order valence-electron chi connectivity index (χ1n) is 8.23. The van der Waals surface area contributed by atoms with E-state index in [-0.39, 0.29) is 18.7 Å². The van der Waals surface area contributed by atoms with Gasteiger partial charge in [-0.2, -0.15) is 0 Å². The number of benzene rings is 1. The Morgan fingerprint density at radius 2 is 2.30 bits per heavy atom. The number of rotatable bonds is 3. The predicted molar refractivity (Wildman–Crippen MR) is 88.5 cm³/mol. The number of fused-ring (bicyclic) bond motifs is 1. The number of ether oxygens (including phenoxy) is 2. The van der Waals surface area contributed by atoms with Gasteiger partial charge in [0.25, 0.3) is 0 Å². The smallest absolute Gasteiger partial charge is 0.410 e. The third kappa shape index (κ3) is 3.70. The number of halogens is 2. The van der Waals surface area contributed by atoms with E-state index in [0.29, 0.717) is 30.1 Å². The average Bonchev–Trinajstić information content (AvgIpc) is 3.11. The van der Waals surface area contributed by atoms with Crippen LogP contribution in [-0.2, 0) is 16.1 Å². The quantitative estimate of drug-likeness (QED) is 0.755. The number of amides is 1. The first kappa shape index (κ1) is 17.3. The monoisotopic (exact) mass is 375 g/mol. The molecule has 0 radical (unpaired) electrons. The van der Waals surface area contributed by atoms with Gasteiger partial charge in [0.1, 0.15) is 42.0 Å². The van der Waals surface area contributed by atoms with E-state index >= 15 is 0 Å². The van der Waals surface area contributed by atoms with Crippen LogP contribution in [0.15, 0.2) is 30.7 Å². The lowest BCUT2D eigenvalue weighted by atomic mass is 10.2. The number of hydrogen-bond donors (Lipinski definition) is 1. The Balaban J connectivity index is 1.40. The summed E-state index contributed by atoms with van der Waals surface area (Å²) in [6, 6.07) is 3.11. The van der Waals surface area contributed by atoms with Crippen LogP contribution in [0.2, 0.25) is 0 Å². The zero-order chi connectivity index (χ0) is 18.8. The molecule has 27 heavy (non-hydrogen) atoms. The maximum atomic E-state index is 13.6. The fraction of sp³-hybridized carbons (Fsp3) is 0.294. The van der Waals surface area contributed by atoms with Gasteiger partial charge in [0.15, 0.2) is 5.65 Å². The average molecular weight is 375 g/mol. The SMILES string of the molecule is O=C(OCc1ccc(F)cc1F)N1CCO[C@H](c2nc3ncncc3[nH]2)C1. The van der Waals surface area contributed by atoms with E-state index in [2.05, 4.69) is 19.9 Å². The van der Waals surface area contributed by atoms with Crippen molar-refractivity contribution in [1.29, 1.82) is 0 Å². The van der Waals surface area contributed by atoms with Gasteiger partial charge in [-0.3, -0.25) is 0 Å². The molecule has 3 aromatic rings. The molecule has 4 rings (SSSR count). The van der Waals surface area contributed by atoms with Crippen molar-refractivity contribution in [2.75, 3.05) is 19.7 Å². The Hall–Kier alpha value is -3.14. The van der Waals surface area contributed by atoms with Gasteiger partial charge >= 0.3 is 6.09 Å². The first-order chi connectivity index (χ1) is 13.1. The first-order valence-corrected chi connectivity index (χ1v) is 8.23. The summed E-state index contributed by atoms with van der Waals surface area (Å²) < 4.78 is 37.4. The minimum absolute atomic E-state index is 0.102. The molecular weight excluding hydrogens is 360 g/mol. The lowest BCUT2D eigenvalue weighted by molar-refractivity contribution is -0.0331. The van der Waals surface area contributed by atoms with E-state index in [0.717, 1.165) is 12.1 Å². The van der Waals surface area contributed by atoms with Crippen LogP contribution < -0.4 is 0 Å². The van der Waals surface area contributed by atoms with Crippen LogP contribution in [0.1, 0.15) is 17.5 Å². The Morgan fingerprint density at radius 1 is 1.41 bits per heavy atom. The molecule has 0 bridgehead atoms. The second kappa shape index (κ2) is 7.23. The minimum atomic E-state index is -0.758. The topological polar surface area (TPSA) is 93.2 Å². The predicted octanol–water partition coefficient (Wildman–Crippen LogP) is 2.34. The summed E-state index contributed by atoms with van der Waals surface area (Å²) in [4.78, 5) is 29.1. The summed E-state index contributed by atoms with van der Waals surface area (Å²) in [7, 11) is 0. The molecule has 1 atom stereocenters. The second-order valence-electron chi connectivity index (χ2n) is 5.98. The highest BCUT2D eigenvalue weighted by molar-refractivity contribution is 5.69. The number of H-pyrrole nitrogens is 1. The maximum Gasteiger partial charge on any atom is 0.410 e. The van der Waals surface area contributed by atoms with Gasteiger partial charge in [-0.05, 0) is 12.1 Å². The summed E-state index contributed by atoms with van der Waals surface area (Å²) in [5.41, 5.74) is 1.28. The Labute approximate surface area is 152 Å². The van der Waals surface area contributed by atoms with Crippen molar-refractivity contribution in [3.63, 3.8) is 0 Å². The van der Waals surface area contributed by atoms with E-state index in [4.69, 9.17) is 9.47 Å². The molecule has 1 N–H and O–H groups in total. The maximum absolute atomic E-state index is 13.6. The van der Waals surface area contributed by atoms with Gasteiger partial charge in [-0.1, -0.05) is 0 Å². The van der Waals surface area contributed by atoms with Gasteiger partial charge in [0.05, 0.1) is 19.3 Å². The number of carbonyl (C=O) groups is 1. The lowest BCUT2D eigenvalue weighted by Crippen LogP contribution is -2.42. The summed E-state index contributed by atoms with van der Waals surface area (Å²) in [6.45, 7) is 0.569. The van der Waals surface area contributed by atoms with Crippen molar-refractivity contribution < 1.29 is 23.0 Å². The molecule has 10 heteroatoms. The number of imidazole rings is 1. The van der Waals surface area contributed by atoms with Crippen LogP contribution >= 0.6 is 0 Å². The molecule has 0 spiro atoms. The Bertz CT molecular complexity index is 947. The standard InChI is InChI=1S/C17H15F2N5O3/c18-11-2-1-10(12(19)5-11)8-27-17(25)24-3-4-26-14(7-24)16-22-13-6-20-9-21-15(13)23-16/h1-2,5-6,9,14H,3-4,7-8H2,(H,20,21,22,23)/t14-/m0/s1. The van der Waals surface area contributed by atoms with Gasteiger partial charge in [-0.25, -0.2) is 28.5 Å². The number of carbonyl (C=O) groups excluding carboxylic acids is 1.